The van der Waals surface area contributed by atoms with Crippen molar-refractivity contribution in [1.29, 1.82) is 0 Å². The molecule has 0 unspecified atom stereocenters. The van der Waals surface area contributed by atoms with Gasteiger partial charge in [0, 0.05) is 11.3 Å². The number of hydrogen-bond donors (Lipinski definition) is 1. The number of thiophene rings is 1. The van der Waals surface area contributed by atoms with E-state index >= 15 is 0 Å². The topological polar surface area (TPSA) is 81.4 Å². The van der Waals surface area contributed by atoms with E-state index in [-0.39, 0.29) is 11.9 Å². The number of carbonyl (C=O) groups excluding carboxylic acids is 2. The molecule has 0 fully saturated rings. The fourth-order valence-electron chi connectivity index (χ4n) is 2.07. The SMILES string of the molecule is CCOC(=O)c1sc(NC(=O)CSCc2c(C)noc2C)cc1C. The molecule has 0 atom stereocenters. The van der Waals surface area contributed by atoms with Gasteiger partial charge in [0.25, 0.3) is 0 Å². The molecule has 0 bridgehead atoms. The monoisotopic (exact) mass is 368 g/mol. The molecule has 1 N–H and O–H groups in total. The third kappa shape index (κ3) is 4.61. The average Bonchev–Trinajstić information content (AvgIpc) is 3.04. The molecular formula is C16H20N2O4S2. The Balaban J connectivity index is 1.86. The third-order valence-electron chi connectivity index (χ3n) is 3.30. The largest absolute Gasteiger partial charge is 0.462 e. The molecular weight excluding hydrogens is 348 g/mol. The van der Waals surface area contributed by atoms with Gasteiger partial charge in [-0.25, -0.2) is 4.79 Å². The van der Waals surface area contributed by atoms with Crippen LogP contribution >= 0.6 is 23.1 Å². The minimum Gasteiger partial charge on any atom is -0.462 e. The Morgan fingerprint density at radius 3 is 2.75 bits per heavy atom. The number of aromatic nitrogens is 1. The van der Waals surface area contributed by atoms with Crippen LogP contribution in [0.5, 0.6) is 0 Å². The molecule has 6 nitrogen and oxygen atoms in total. The van der Waals surface area contributed by atoms with Crippen LogP contribution in [0.2, 0.25) is 0 Å². The molecule has 2 heterocycles. The number of nitrogens with one attached hydrogen (secondary N) is 1. The summed E-state index contributed by atoms with van der Waals surface area (Å²) < 4.78 is 10.1. The maximum atomic E-state index is 12.0. The molecule has 8 heteroatoms. The van der Waals surface area contributed by atoms with Gasteiger partial charge in [0.1, 0.15) is 10.6 Å². The minimum atomic E-state index is -0.353. The van der Waals surface area contributed by atoms with Gasteiger partial charge in [-0.05, 0) is 39.3 Å². The second kappa shape index (κ2) is 8.34. The molecule has 1 amide bonds. The smallest absolute Gasteiger partial charge is 0.348 e. The zero-order chi connectivity index (χ0) is 17.7. The Labute approximate surface area is 148 Å². The number of carbonyl (C=O) groups is 2. The Morgan fingerprint density at radius 2 is 2.12 bits per heavy atom. The number of nitrogens with zero attached hydrogens (tertiary/aromatic N) is 1. The Hall–Kier alpha value is -1.80. The standard InChI is InChI=1S/C16H20N2O4S2/c1-5-21-16(20)15-9(2)6-14(24-15)17-13(19)8-23-7-12-10(3)18-22-11(12)4/h6H,5,7-8H2,1-4H3,(H,17,19). The molecule has 0 aliphatic carbocycles. The van der Waals surface area contributed by atoms with E-state index in [2.05, 4.69) is 10.5 Å². The molecule has 24 heavy (non-hydrogen) atoms. The molecule has 2 aromatic heterocycles. The number of amides is 1. The lowest BCUT2D eigenvalue weighted by atomic mass is 10.2. The van der Waals surface area contributed by atoms with Gasteiger partial charge in [-0.1, -0.05) is 5.16 Å². The second-order valence-corrected chi connectivity index (χ2v) is 7.22. The van der Waals surface area contributed by atoms with Crippen molar-refractivity contribution in [1.82, 2.24) is 5.16 Å². The summed E-state index contributed by atoms with van der Waals surface area (Å²) in [4.78, 5) is 24.4. The van der Waals surface area contributed by atoms with Gasteiger partial charge in [-0.15, -0.1) is 23.1 Å². The molecule has 0 aromatic carbocycles. The summed E-state index contributed by atoms with van der Waals surface area (Å²) in [5.74, 6) is 1.31. The van der Waals surface area contributed by atoms with Gasteiger partial charge in [0.15, 0.2) is 0 Å². The number of esters is 1. The number of hydrogen-bond acceptors (Lipinski definition) is 7. The molecule has 2 rings (SSSR count). The first-order valence-corrected chi connectivity index (χ1v) is 9.46. The fourth-order valence-corrected chi connectivity index (χ4v) is 4.03. The number of aryl methyl sites for hydroxylation is 3. The number of ether oxygens (including phenoxy) is 1. The van der Waals surface area contributed by atoms with Gasteiger partial charge < -0.3 is 14.6 Å². The molecule has 0 spiro atoms. The lowest BCUT2D eigenvalue weighted by Crippen LogP contribution is -2.13. The summed E-state index contributed by atoms with van der Waals surface area (Å²) in [6.45, 7) is 7.67. The van der Waals surface area contributed by atoms with Gasteiger partial charge in [0.05, 0.1) is 23.1 Å². The van der Waals surface area contributed by atoms with Crippen molar-refractivity contribution in [2.24, 2.45) is 0 Å². The Morgan fingerprint density at radius 1 is 1.38 bits per heavy atom. The predicted molar refractivity (Wildman–Crippen MR) is 95.8 cm³/mol. The summed E-state index contributed by atoms with van der Waals surface area (Å²) in [6.07, 6.45) is 0. The quantitative estimate of drug-likeness (QED) is 0.750. The van der Waals surface area contributed by atoms with E-state index in [1.165, 1.54) is 23.1 Å². The van der Waals surface area contributed by atoms with E-state index in [0.717, 1.165) is 22.6 Å². The highest BCUT2D eigenvalue weighted by molar-refractivity contribution is 7.99. The Kier molecular flexibility index (Phi) is 6.44. The maximum Gasteiger partial charge on any atom is 0.348 e. The zero-order valence-corrected chi connectivity index (χ0v) is 15.7. The molecule has 0 saturated heterocycles. The number of thioether (sulfide) groups is 1. The predicted octanol–water partition coefficient (Wildman–Crippen LogP) is 3.71. The highest BCUT2D eigenvalue weighted by Gasteiger charge is 2.16. The van der Waals surface area contributed by atoms with Crippen LogP contribution in [0.1, 0.15) is 39.2 Å². The average molecular weight is 368 g/mol. The van der Waals surface area contributed by atoms with Crippen LogP contribution in [0.4, 0.5) is 5.00 Å². The third-order valence-corrected chi connectivity index (χ3v) is 5.39. The molecule has 2 aromatic rings. The van der Waals surface area contributed by atoms with E-state index < -0.39 is 0 Å². The van der Waals surface area contributed by atoms with Gasteiger partial charge in [0.2, 0.25) is 5.91 Å². The summed E-state index contributed by atoms with van der Waals surface area (Å²) in [5, 5.41) is 7.37. The van der Waals surface area contributed by atoms with Crippen molar-refractivity contribution in [3.8, 4) is 0 Å². The maximum absolute atomic E-state index is 12.0. The van der Waals surface area contributed by atoms with E-state index in [1.54, 1.807) is 13.0 Å². The van der Waals surface area contributed by atoms with Crippen LogP contribution in [0, 0.1) is 20.8 Å². The van der Waals surface area contributed by atoms with E-state index in [0.29, 0.717) is 28.0 Å². The molecule has 130 valence electrons. The van der Waals surface area contributed by atoms with Crippen molar-refractivity contribution in [2.75, 3.05) is 17.7 Å². The van der Waals surface area contributed by atoms with Crippen LogP contribution in [0.25, 0.3) is 0 Å². The van der Waals surface area contributed by atoms with Crippen LogP contribution < -0.4 is 5.32 Å². The van der Waals surface area contributed by atoms with Crippen LogP contribution in [0.15, 0.2) is 10.6 Å². The second-order valence-electron chi connectivity index (χ2n) is 5.19. The number of anilines is 1. The highest BCUT2D eigenvalue weighted by Crippen LogP contribution is 2.27. The summed E-state index contributed by atoms with van der Waals surface area (Å²) in [5.41, 5.74) is 2.69. The van der Waals surface area contributed by atoms with E-state index in [4.69, 9.17) is 9.26 Å². The molecule has 0 aliphatic heterocycles. The zero-order valence-electron chi connectivity index (χ0n) is 14.1. The van der Waals surface area contributed by atoms with Gasteiger partial charge in [-0.3, -0.25) is 4.79 Å². The van der Waals surface area contributed by atoms with E-state index in [1.807, 2.05) is 20.8 Å². The fraction of sp³-hybridized carbons (Fsp3) is 0.438. The minimum absolute atomic E-state index is 0.108. The Bertz CT molecular complexity index is 717. The molecule has 0 aliphatic rings. The highest BCUT2D eigenvalue weighted by atomic mass is 32.2. The lowest BCUT2D eigenvalue weighted by Gasteiger charge is -2.03. The van der Waals surface area contributed by atoms with Crippen molar-refractivity contribution in [3.05, 3.63) is 33.5 Å². The van der Waals surface area contributed by atoms with E-state index in [9.17, 15) is 9.59 Å². The van der Waals surface area contributed by atoms with Crippen LogP contribution in [-0.4, -0.2) is 29.4 Å². The van der Waals surface area contributed by atoms with Gasteiger partial charge in [-0.2, -0.15) is 0 Å². The first-order chi connectivity index (χ1) is 11.4. The normalized spacial score (nSPS) is 10.7. The lowest BCUT2D eigenvalue weighted by molar-refractivity contribution is -0.113. The molecule has 0 radical (unpaired) electrons. The van der Waals surface area contributed by atoms with Crippen molar-refractivity contribution in [2.45, 2.75) is 33.4 Å². The summed E-state index contributed by atoms with van der Waals surface area (Å²) in [6, 6.07) is 1.79. The first kappa shape index (κ1) is 18.5. The van der Waals surface area contributed by atoms with Gasteiger partial charge >= 0.3 is 5.97 Å². The summed E-state index contributed by atoms with van der Waals surface area (Å²) in [7, 11) is 0. The van der Waals surface area contributed by atoms with Crippen molar-refractivity contribution < 1.29 is 18.8 Å². The van der Waals surface area contributed by atoms with Crippen molar-refractivity contribution in [3.63, 3.8) is 0 Å². The first-order valence-electron chi connectivity index (χ1n) is 7.49. The van der Waals surface area contributed by atoms with Crippen LogP contribution in [-0.2, 0) is 15.3 Å². The molecule has 0 saturated carbocycles. The van der Waals surface area contributed by atoms with Crippen molar-refractivity contribution >= 4 is 40.0 Å². The summed E-state index contributed by atoms with van der Waals surface area (Å²) >= 11 is 2.72. The number of rotatable bonds is 7. The van der Waals surface area contributed by atoms with Crippen LogP contribution in [0.3, 0.4) is 0 Å².